The Kier molecular flexibility index (Phi) is 6.46. The van der Waals surface area contributed by atoms with E-state index in [-0.39, 0.29) is 24.5 Å². The van der Waals surface area contributed by atoms with Crippen LogP contribution in [0.3, 0.4) is 0 Å². The maximum Gasteiger partial charge on any atom is 0.325 e. The number of likely N-dealkylation sites (tertiary alicyclic amines) is 1. The Morgan fingerprint density at radius 1 is 1.30 bits per heavy atom. The number of esters is 1. The van der Waals surface area contributed by atoms with Crippen LogP contribution in [-0.2, 0) is 14.3 Å². The molecule has 1 heterocycles. The number of ether oxygens (including phenoxy) is 1. The van der Waals surface area contributed by atoms with Crippen molar-refractivity contribution >= 4 is 11.9 Å². The second-order valence-electron chi connectivity index (χ2n) is 5.73. The molecule has 3 atom stereocenters. The second-order valence-corrected chi connectivity index (χ2v) is 5.73. The molecule has 0 N–H and O–H groups in total. The third-order valence-electron chi connectivity index (χ3n) is 4.18. The second kappa shape index (κ2) is 7.62. The summed E-state index contributed by atoms with van der Waals surface area (Å²) in [7, 11) is 1.35. The third-order valence-corrected chi connectivity index (χ3v) is 4.18. The molecule has 116 valence electrons. The normalized spacial score (nSPS) is 24.4. The highest BCUT2D eigenvalue weighted by atomic mass is 16.5. The lowest BCUT2D eigenvalue weighted by molar-refractivity contribution is -0.149. The Bertz CT molecular complexity index is 336. The van der Waals surface area contributed by atoms with Crippen molar-refractivity contribution in [3.8, 4) is 0 Å². The first-order valence-corrected chi connectivity index (χ1v) is 7.55. The fraction of sp³-hybridized carbons (Fsp3) is 0.867. The number of carbonyl (C=O) groups is 2. The van der Waals surface area contributed by atoms with E-state index in [0.717, 1.165) is 19.3 Å². The van der Waals surface area contributed by atoms with Gasteiger partial charge in [-0.3, -0.25) is 14.5 Å². The molecule has 1 amide bonds. The predicted molar refractivity (Wildman–Crippen MR) is 78.3 cm³/mol. The van der Waals surface area contributed by atoms with Crippen LogP contribution in [0, 0.1) is 0 Å². The molecular weight excluding hydrogens is 256 g/mol. The number of nitrogens with zero attached hydrogens (tertiary/aromatic N) is 2. The fourth-order valence-corrected chi connectivity index (χ4v) is 3.13. The van der Waals surface area contributed by atoms with Gasteiger partial charge in [-0.25, -0.2) is 0 Å². The molecule has 0 aromatic rings. The van der Waals surface area contributed by atoms with Gasteiger partial charge in [0.25, 0.3) is 0 Å². The summed E-state index contributed by atoms with van der Waals surface area (Å²) in [6, 6.07) is 0.662. The molecule has 1 saturated heterocycles. The minimum absolute atomic E-state index is 0.0258. The van der Waals surface area contributed by atoms with Gasteiger partial charge in [0.15, 0.2) is 0 Å². The summed E-state index contributed by atoms with van der Waals surface area (Å²) in [6.07, 6.45) is 3.09. The molecule has 1 aliphatic heterocycles. The number of carbonyl (C=O) groups excluding carboxylic acids is 2. The van der Waals surface area contributed by atoms with E-state index in [1.807, 2.05) is 13.8 Å². The van der Waals surface area contributed by atoms with Crippen molar-refractivity contribution in [2.24, 2.45) is 0 Å². The molecule has 1 fully saturated rings. The van der Waals surface area contributed by atoms with E-state index in [0.29, 0.717) is 18.6 Å². The van der Waals surface area contributed by atoms with Crippen molar-refractivity contribution in [3.05, 3.63) is 0 Å². The van der Waals surface area contributed by atoms with Gasteiger partial charge in [-0.1, -0.05) is 6.92 Å². The molecule has 0 saturated carbocycles. The van der Waals surface area contributed by atoms with Crippen LogP contribution in [0.1, 0.15) is 47.0 Å². The van der Waals surface area contributed by atoms with Gasteiger partial charge in [0.2, 0.25) is 5.91 Å². The van der Waals surface area contributed by atoms with Crippen LogP contribution < -0.4 is 0 Å². The molecule has 0 aromatic heterocycles. The number of hydrogen-bond donors (Lipinski definition) is 0. The van der Waals surface area contributed by atoms with E-state index in [1.165, 1.54) is 7.11 Å². The highest BCUT2D eigenvalue weighted by Crippen LogP contribution is 2.26. The van der Waals surface area contributed by atoms with Gasteiger partial charge in [-0.15, -0.1) is 0 Å². The van der Waals surface area contributed by atoms with Gasteiger partial charge < -0.3 is 9.64 Å². The Morgan fingerprint density at radius 3 is 2.30 bits per heavy atom. The first-order chi connectivity index (χ1) is 9.42. The van der Waals surface area contributed by atoms with E-state index < -0.39 is 0 Å². The summed E-state index contributed by atoms with van der Waals surface area (Å²) in [6.45, 7) is 8.92. The summed E-state index contributed by atoms with van der Waals surface area (Å²) in [5, 5.41) is 0. The van der Waals surface area contributed by atoms with Gasteiger partial charge in [0, 0.05) is 18.6 Å². The lowest BCUT2D eigenvalue weighted by atomic mass is 10.2. The average molecular weight is 284 g/mol. The summed E-state index contributed by atoms with van der Waals surface area (Å²) in [5.74, 6) is -0.334. The average Bonchev–Trinajstić information content (AvgIpc) is 2.75. The van der Waals surface area contributed by atoms with Crippen LogP contribution in [0.4, 0.5) is 0 Å². The zero-order chi connectivity index (χ0) is 15.3. The van der Waals surface area contributed by atoms with Gasteiger partial charge in [0.05, 0.1) is 13.2 Å². The van der Waals surface area contributed by atoms with Crippen molar-refractivity contribution in [1.29, 1.82) is 0 Å². The molecule has 0 radical (unpaired) electrons. The Labute approximate surface area is 122 Å². The molecule has 5 nitrogen and oxygen atoms in total. The zero-order valence-electron chi connectivity index (χ0n) is 13.4. The van der Waals surface area contributed by atoms with Gasteiger partial charge in [-0.2, -0.15) is 0 Å². The van der Waals surface area contributed by atoms with Gasteiger partial charge in [0.1, 0.15) is 6.54 Å². The topological polar surface area (TPSA) is 49.9 Å². The monoisotopic (exact) mass is 284 g/mol. The first-order valence-electron chi connectivity index (χ1n) is 7.55. The highest BCUT2D eigenvalue weighted by Gasteiger charge is 2.36. The molecule has 1 aliphatic rings. The summed E-state index contributed by atoms with van der Waals surface area (Å²) < 4.78 is 4.68. The van der Waals surface area contributed by atoms with Crippen molar-refractivity contribution < 1.29 is 14.3 Å². The molecule has 5 heteroatoms. The summed E-state index contributed by atoms with van der Waals surface area (Å²) in [5.41, 5.74) is 0. The van der Waals surface area contributed by atoms with Crippen molar-refractivity contribution in [1.82, 2.24) is 9.80 Å². The van der Waals surface area contributed by atoms with Gasteiger partial charge in [-0.05, 0) is 40.0 Å². The van der Waals surface area contributed by atoms with Crippen LogP contribution >= 0.6 is 0 Å². The first kappa shape index (κ1) is 17.0. The summed E-state index contributed by atoms with van der Waals surface area (Å²) in [4.78, 5) is 28.0. The standard InChI is InChI=1S/C15H28N2O3/c1-6-9-16(10-14(18)20-5)15(19)13(4)17-11(2)7-8-12(17)3/h11-13H,6-10H2,1-5H3. The summed E-state index contributed by atoms with van der Waals surface area (Å²) >= 11 is 0. The van der Waals surface area contributed by atoms with Crippen molar-refractivity contribution in [3.63, 3.8) is 0 Å². The lowest BCUT2D eigenvalue weighted by Crippen LogP contribution is -2.51. The smallest absolute Gasteiger partial charge is 0.325 e. The third kappa shape index (κ3) is 3.95. The number of amides is 1. The maximum absolute atomic E-state index is 12.6. The van der Waals surface area contributed by atoms with Crippen LogP contribution in [0.15, 0.2) is 0 Å². The Hall–Kier alpha value is -1.10. The molecule has 20 heavy (non-hydrogen) atoms. The number of rotatable bonds is 6. The number of methoxy groups -OCH3 is 1. The molecule has 0 aromatic carbocycles. The molecular formula is C15H28N2O3. The van der Waals surface area contributed by atoms with Crippen LogP contribution in [-0.4, -0.2) is 60.0 Å². The van der Waals surface area contributed by atoms with Crippen molar-refractivity contribution in [2.45, 2.75) is 65.1 Å². The fourth-order valence-electron chi connectivity index (χ4n) is 3.13. The molecule has 0 spiro atoms. The largest absolute Gasteiger partial charge is 0.468 e. The van der Waals surface area contributed by atoms with E-state index in [1.54, 1.807) is 4.90 Å². The number of hydrogen-bond acceptors (Lipinski definition) is 4. The van der Waals surface area contributed by atoms with Gasteiger partial charge >= 0.3 is 5.97 Å². The SMILES string of the molecule is CCCN(CC(=O)OC)C(=O)C(C)N1C(C)CCC1C. The lowest BCUT2D eigenvalue weighted by Gasteiger charge is -2.34. The minimum Gasteiger partial charge on any atom is -0.468 e. The van der Waals surface area contributed by atoms with Crippen molar-refractivity contribution in [2.75, 3.05) is 20.2 Å². The maximum atomic E-state index is 12.6. The Balaban J connectivity index is 2.74. The predicted octanol–water partition coefficient (Wildman–Crippen LogP) is 1.66. The minimum atomic E-state index is -0.360. The quantitative estimate of drug-likeness (QED) is 0.696. The van der Waals surface area contributed by atoms with Crippen LogP contribution in [0.25, 0.3) is 0 Å². The molecule has 1 rings (SSSR count). The Morgan fingerprint density at radius 2 is 1.85 bits per heavy atom. The molecule has 3 unspecified atom stereocenters. The van der Waals surface area contributed by atoms with E-state index in [9.17, 15) is 9.59 Å². The zero-order valence-corrected chi connectivity index (χ0v) is 13.4. The van der Waals surface area contributed by atoms with Crippen LogP contribution in [0.5, 0.6) is 0 Å². The van der Waals surface area contributed by atoms with E-state index in [2.05, 4.69) is 23.5 Å². The molecule has 0 bridgehead atoms. The van der Waals surface area contributed by atoms with Crippen LogP contribution in [0.2, 0.25) is 0 Å². The highest BCUT2D eigenvalue weighted by molar-refractivity contribution is 5.85. The molecule has 0 aliphatic carbocycles. The van der Waals surface area contributed by atoms with E-state index >= 15 is 0 Å². The van der Waals surface area contributed by atoms with E-state index in [4.69, 9.17) is 0 Å².